The van der Waals surface area contributed by atoms with E-state index in [0.717, 1.165) is 16.4 Å². The highest BCUT2D eigenvalue weighted by molar-refractivity contribution is 14.1. The molecule has 30 heavy (non-hydrogen) atoms. The quantitative estimate of drug-likeness (QED) is 0.298. The van der Waals surface area contributed by atoms with E-state index >= 15 is 0 Å². The van der Waals surface area contributed by atoms with Gasteiger partial charge < -0.3 is 15.4 Å². The molecule has 0 spiro atoms. The molecule has 2 aromatic carbocycles. The third kappa shape index (κ3) is 5.49. The Bertz CT molecular complexity index is 1070. The zero-order chi connectivity index (χ0) is 21.3. The summed E-state index contributed by atoms with van der Waals surface area (Å²) >= 11 is 2.01. The zero-order valence-electron chi connectivity index (χ0n) is 15.3. The summed E-state index contributed by atoms with van der Waals surface area (Å²) in [6.07, 6.45) is -2.83. The van der Waals surface area contributed by atoms with Crippen LogP contribution in [0.1, 0.15) is 12.8 Å². The van der Waals surface area contributed by atoms with Crippen molar-refractivity contribution in [2.24, 2.45) is 0 Å². The molecule has 1 heterocycles. The van der Waals surface area contributed by atoms with Gasteiger partial charge in [-0.15, -0.1) is 13.2 Å². The van der Waals surface area contributed by atoms with Gasteiger partial charge in [0.1, 0.15) is 17.4 Å². The Labute approximate surface area is 183 Å². The van der Waals surface area contributed by atoms with Gasteiger partial charge in [-0.1, -0.05) is 12.1 Å². The molecule has 1 aliphatic carbocycles. The molecule has 1 aliphatic rings. The molecule has 0 amide bonds. The van der Waals surface area contributed by atoms with Gasteiger partial charge in [-0.05, 0) is 65.8 Å². The lowest BCUT2D eigenvalue weighted by Crippen LogP contribution is -2.17. The first-order valence-corrected chi connectivity index (χ1v) is 10.1. The fourth-order valence-corrected chi connectivity index (χ4v) is 3.17. The van der Waals surface area contributed by atoms with Crippen molar-refractivity contribution < 1.29 is 22.3 Å². The molecule has 0 aliphatic heterocycles. The molecule has 1 fully saturated rings. The molecular formula is C20H15F4IN4O. The smallest absolute Gasteiger partial charge is 0.406 e. The minimum atomic E-state index is -4.79. The van der Waals surface area contributed by atoms with Crippen LogP contribution in [0.3, 0.4) is 0 Å². The van der Waals surface area contributed by atoms with Gasteiger partial charge in [0.2, 0.25) is 5.95 Å². The molecule has 3 aromatic rings. The van der Waals surface area contributed by atoms with Crippen LogP contribution in [0.15, 0.2) is 48.5 Å². The summed E-state index contributed by atoms with van der Waals surface area (Å²) in [4.78, 5) is 8.77. The van der Waals surface area contributed by atoms with E-state index in [0.29, 0.717) is 23.0 Å². The third-order valence-corrected chi connectivity index (χ3v) is 4.86. The Morgan fingerprint density at radius 3 is 2.53 bits per heavy atom. The van der Waals surface area contributed by atoms with Gasteiger partial charge in [-0.3, -0.25) is 0 Å². The molecule has 4 rings (SSSR count). The van der Waals surface area contributed by atoms with E-state index in [4.69, 9.17) is 0 Å². The molecule has 156 valence electrons. The van der Waals surface area contributed by atoms with Crippen LogP contribution in [0.4, 0.5) is 35.0 Å². The predicted molar refractivity (Wildman–Crippen MR) is 113 cm³/mol. The van der Waals surface area contributed by atoms with Gasteiger partial charge in [-0.2, -0.15) is 4.98 Å². The first-order chi connectivity index (χ1) is 14.2. The van der Waals surface area contributed by atoms with E-state index in [1.165, 1.54) is 24.3 Å². The van der Waals surface area contributed by atoms with Crippen molar-refractivity contribution in [2.45, 2.75) is 25.2 Å². The van der Waals surface area contributed by atoms with Crippen molar-refractivity contribution in [3.8, 4) is 17.0 Å². The maximum absolute atomic E-state index is 14.2. The number of ether oxygens (including phenoxy) is 1. The number of hydrogen-bond acceptors (Lipinski definition) is 5. The number of aromatic nitrogens is 2. The number of nitrogens with zero attached hydrogens (tertiary/aromatic N) is 2. The molecule has 5 nitrogen and oxygen atoms in total. The van der Waals surface area contributed by atoms with Crippen molar-refractivity contribution in [3.05, 3.63) is 57.9 Å². The Kier molecular flexibility index (Phi) is 5.67. The summed E-state index contributed by atoms with van der Waals surface area (Å²) in [5.74, 6) is -0.177. The first-order valence-electron chi connectivity index (χ1n) is 8.99. The van der Waals surface area contributed by atoms with Gasteiger partial charge in [0.25, 0.3) is 0 Å². The van der Waals surface area contributed by atoms with Gasteiger partial charge in [-0.25, -0.2) is 9.37 Å². The van der Waals surface area contributed by atoms with Gasteiger partial charge >= 0.3 is 6.36 Å². The van der Waals surface area contributed by atoms with E-state index in [-0.39, 0.29) is 17.5 Å². The lowest BCUT2D eigenvalue weighted by atomic mass is 10.1. The fraction of sp³-hybridized carbons (Fsp3) is 0.200. The minimum absolute atomic E-state index is 0.228. The number of rotatable bonds is 6. The minimum Gasteiger partial charge on any atom is -0.406 e. The molecule has 0 atom stereocenters. The molecule has 10 heteroatoms. The largest absolute Gasteiger partial charge is 0.573 e. The van der Waals surface area contributed by atoms with Crippen LogP contribution in [-0.4, -0.2) is 22.4 Å². The molecule has 0 bridgehead atoms. The summed E-state index contributed by atoms with van der Waals surface area (Å²) in [6.45, 7) is 0. The van der Waals surface area contributed by atoms with E-state index < -0.39 is 12.2 Å². The fourth-order valence-electron chi connectivity index (χ4n) is 2.72. The van der Waals surface area contributed by atoms with Crippen molar-refractivity contribution in [1.29, 1.82) is 0 Å². The Balaban J connectivity index is 1.68. The Morgan fingerprint density at radius 1 is 1.03 bits per heavy atom. The average molecular weight is 530 g/mol. The SMILES string of the molecule is Fc1cc(I)ccc1Nc1cc(-c2cccc(OC(F)(F)F)c2)nc(NC2CC2)n1. The predicted octanol–water partition coefficient (Wildman–Crippen LogP) is 6.10. The molecule has 1 saturated carbocycles. The summed E-state index contributed by atoms with van der Waals surface area (Å²) in [5.41, 5.74) is 1.00. The van der Waals surface area contributed by atoms with Crippen molar-refractivity contribution in [2.75, 3.05) is 10.6 Å². The number of hydrogen-bond donors (Lipinski definition) is 2. The molecular weight excluding hydrogens is 515 g/mol. The average Bonchev–Trinajstić information content (AvgIpc) is 3.47. The van der Waals surface area contributed by atoms with Crippen LogP contribution in [0, 0.1) is 9.39 Å². The van der Waals surface area contributed by atoms with Crippen molar-refractivity contribution in [1.82, 2.24) is 9.97 Å². The first kappa shape index (κ1) is 20.6. The summed E-state index contributed by atoms with van der Waals surface area (Å²) in [5, 5.41) is 6.08. The second-order valence-corrected chi connectivity index (χ2v) is 7.95. The maximum Gasteiger partial charge on any atom is 0.573 e. The summed E-state index contributed by atoms with van der Waals surface area (Å²) in [6, 6.07) is 12.0. The number of anilines is 3. The van der Waals surface area contributed by atoms with Crippen molar-refractivity contribution in [3.63, 3.8) is 0 Å². The van der Waals surface area contributed by atoms with Crippen LogP contribution in [0.5, 0.6) is 5.75 Å². The lowest BCUT2D eigenvalue weighted by molar-refractivity contribution is -0.274. The number of nitrogens with one attached hydrogen (secondary N) is 2. The molecule has 2 N–H and O–H groups in total. The van der Waals surface area contributed by atoms with Crippen molar-refractivity contribution >= 4 is 40.0 Å². The highest BCUT2D eigenvalue weighted by atomic mass is 127. The second kappa shape index (κ2) is 8.25. The molecule has 0 saturated heterocycles. The highest BCUT2D eigenvalue weighted by Crippen LogP contribution is 2.31. The van der Waals surface area contributed by atoms with E-state index in [9.17, 15) is 17.6 Å². The second-order valence-electron chi connectivity index (χ2n) is 6.71. The van der Waals surface area contributed by atoms with Crippen LogP contribution in [0.2, 0.25) is 0 Å². The molecule has 0 unspecified atom stereocenters. The maximum atomic E-state index is 14.2. The number of halogens is 5. The standard InChI is InChI=1S/C20H15F4IN4O/c21-15-9-12(25)4-7-16(15)27-18-10-17(28-19(29-18)26-13-5-6-13)11-2-1-3-14(8-11)30-20(22,23)24/h1-4,7-10,13H,5-6H2,(H2,26,27,28,29). The van der Waals surface area contributed by atoms with Crippen LogP contribution in [0.25, 0.3) is 11.3 Å². The summed E-state index contributed by atoms with van der Waals surface area (Å²) < 4.78 is 56.7. The molecule has 1 aromatic heterocycles. The number of benzene rings is 2. The normalized spacial score (nSPS) is 13.8. The Hall–Kier alpha value is -2.63. The van der Waals surface area contributed by atoms with Crippen LogP contribution >= 0.6 is 22.6 Å². The van der Waals surface area contributed by atoms with Gasteiger partial charge in [0.15, 0.2) is 0 Å². The number of alkyl halides is 3. The topological polar surface area (TPSA) is 59.1 Å². The highest BCUT2D eigenvalue weighted by Gasteiger charge is 2.31. The Morgan fingerprint density at radius 2 is 1.83 bits per heavy atom. The summed E-state index contributed by atoms with van der Waals surface area (Å²) in [7, 11) is 0. The van der Waals surface area contributed by atoms with Crippen LogP contribution in [-0.2, 0) is 0 Å². The molecule has 0 radical (unpaired) electrons. The van der Waals surface area contributed by atoms with Crippen LogP contribution < -0.4 is 15.4 Å². The van der Waals surface area contributed by atoms with Gasteiger partial charge in [0, 0.05) is 21.2 Å². The lowest BCUT2D eigenvalue weighted by Gasteiger charge is -2.13. The van der Waals surface area contributed by atoms with E-state index in [1.54, 1.807) is 24.3 Å². The van der Waals surface area contributed by atoms with Gasteiger partial charge in [0.05, 0.1) is 11.4 Å². The zero-order valence-corrected chi connectivity index (χ0v) is 17.5. The van der Waals surface area contributed by atoms with E-state index in [2.05, 4.69) is 25.3 Å². The third-order valence-electron chi connectivity index (χ3n) is 4.19. The monoisotopic (exact) mass is 530 g/mol. The van der Waals surface area contributed by atoms with E-state index in [1.807, 2.05) is 22.6 Å².